The molecule has 0 bridgehead atoms. The lowest BCUT2D eigenvalue weighted by Gasteiger charge is -2.07. The molecule has 22 heavy (non-hydrogen) atoms. The number of benzene rings is 3. The SMILES string of the molecule is O=C(c1ccccc1)c1cc(Cl)cc(Cc2ccccc2)c1. The molecule has 0 aliphatic carbocycles. The maximum Gasteiger partial charge on any atom is 0.193 e. The van der Waals surface area contributed by atoms with Gasteiger partial charge in [-0.2, -0.15) is 0 Å². The molecule has 3 aromatic rings. The molecule has 108 valence electrons. The third-order valence-electron chi connectivity index (χ3n) is 3.51. The smallest absolute Gasteiger partial charge is 0.193 e. The first-order valence-electron chi connectivity index (χ1n) is 7.15. The monoisotopic (exact) mass is 306 g/mol. The van der Waals surface area contributed by atoms with Crippen molar-refractivity contribution in [2.75, 3.05) is 0 Å². The topological polar surface area (TPSA) is 17.1 Å². The van der Waals surface area contributed by atoms with Crippen LogP contribution in [-0.2, 0) is 6.42 Å². The molecule has 0 aliphatic rings. The zero-order valence-corrected chi connectivity index (χ0v) is 12.8. The fraction of sp³-hybridized carbons (Fsp3) is 0.0500. The van der Waals surface area contributed by atoms with E-state index in [1.54, 1.807) is 6.07 Å². The summed E-state index contributed by atoms with van der Waals surface area (Å²) in [6.45, 7) is 0. The third-order valence-corrected chi connectivity index (χ3v) is 3.73. The Morgan fingerprint density at radius 1 is 0.727 bits per heavy atom. The third kappa shape index (κ3) is 3.44. The second-order valence-electron chi connectivity index (χ2n) is 5.21. The average molecular weight is 307 g/mol. The van der Waals surface area contributed by atoms with Gasteiger partial charge >= 0.3 is 0 Å². The zero-order chi connectivity index (χ0) is 15.4. The molecular formula is C20H15ClO. The molecule has 0 heterocycles. The fourth-order valence-electron chi connectivity index (χ4n) is 2.47. The van der Waals surface area contributed by atoms with Crippen LogP contribution in [0.2, 0.25) is 5.02 Å². The van der Waals surface area contributed by atoms with Gasteiger partial charge in [0.15, 0.2) is 5.78 Å². The summed E-state index contributed by atoms with van der Waals surface area (Å²) < 4.78 is 0. The molecule has 0 fully saturated rings. The normalized spacial score (nSPS) is 10.4. The van der Waals surface area contributed by atoms with Crippen LogP contribution in [0.5, 0.6) is 0 Å². The Labute approximate surface area is 135 Å². The molecule has 0 atom stereocenters. The summed E-state index contributed by atoms with van der Waals surface area (Å²) in [6.07, 6.45) is 0.760. The quantitative estimate of drug-likeness (QED) is 0.608. The highest BCUT2D eigenvalue weighted by atomic mass is 35.5. The van der Waals surface area contributed by atoms with Gasteiger partial charge in [0.25, 0.3) is 0 Å². The van der Waals surface area contributed by atoms with Crippen LogP contribution in [-0.4, -0.2) is 5.78 Å². The first kappa shape index (κ1) is 14.6. The van der Waals surface area contributed by atoms with Gasteiger partial charge in [0.05, 0.1) is 0 Å². The molecular weight excluding hydrogens is 292 g/mol. The van der Waals surface area contributed by atoms with Gasteiger partial charge < -0.3 is 0 Å². The molecule has 0 radical (unpaired) electrons. The van der Waals surface area contributed by atoms with Crippen LogP contribution in [0.4, 0.5) is 0 Å². The molecule has 3 aromatic carbocycles. The molecule has 0 spiro atoms. The first-order chi connectivity index (χ1) is 10.7. The Balaban J connectivity index is 1.92. The highest BCUT2D eigenvalue weighted by Crippen LogP contribution is 2.20. The van der Waals surface area contributed by atoms with E-state index in [-0.39, 0.29) is 5.78 Å². The van der Waals surface area contributed by atoms with E-state index in [9.17, 15) is 4.79 Å². The molecule has 0 saturated carbocycles. The van der Waals surface area contributed by atoms with E-state index in [1.165, 1.54) is 5.56 Å². The first-order valence-corrected chi connectivity index (χ1v) is 7.53. The second kappa shape index (κ2) is 6.59. The van der Waals surface area contributed by atoms with E-state index in [1.807, 2.05) is 60.7 Å². The van der Waals surface area contributed by atoms with Crippen LogP contribution in [0.15, 0.2) is 78.9 Å². The van der Waals surface area contributed by atoms with E-state index >= 15 is 0 Å². The Morgan fingerprint density at radius 2 is 1.36 bits per heavy atom. The van der Waals surface area contributed by atoms with Crippen molar-refractivity contribution in [1.82, 2.24) is 0 Å². The Kier molecular flexibility index (Phi) is 4.36. The van der Waals surface area contributed by atoms with Crippen molar-refractivity contribution in [3.05, 3.63) is 106 Å². The molecule has 1 nitrogen and oxygen atoms in total. The van der Waals surface area contributed by atoms with Gasteiger partial charge in [-0.1, -0.05) is 72.3 Å². The van der Waals surface area contributed by atoms with Gasteiger partial charge in [0, 0.05) is 16.1 Å². The minimum Gasteiger partial charge on any atom is -0.289 e. The van der Waals surface area contributed by atoms with Gasteiger partial charge in [-0.25, -0.2) is 0 Å². The van der Waals surface area contributed by atoms with E-state index in [2.05, 4.69) is 12.1 Å². The van der Waals surface area contributed by atoms with Crippen molar-refractivity contribution in [3.8, 4) is 0 Å². The summed E-state index contributed by atoms with van der Waals surface area (Å²) in [5.41, 5.74) is 3.54. The number of carbonyl (C=O) groups excluding carboxylic acids is 1. The van der Waals surface area contributed by atoms with Crippen LogP contribution < -0.4 is 0 Å². The number of rotatable bonds is 4. The molecule has 0 unspecified atom stereocenters. The molecule has 3 rings (SSSR count). The molecule has 2 heteroatoms. The lowest BCUT2D eigenvalue weighted by atomic mass is 9.98. The lowest BCUT2D eigenvalue weighted by Crippen LogP contribution is -2.02. The van der Waals surface area contributed by atoms with Crippen LogP contribution in [0.25, 0.3) is 0 Å². The van der Waals surface area contributed by atoms with Gasteiger partial charge in [0.2, 0.25) is 0 Å². The van der Waals surface area contributed by atoms with E-state index in [0.29, 0.717) is 16.1 Å². The summed E-state index contributed by atoms with van der Waals surface area (Å²) in [4.78, 5) is 12.5. The van der Waals surface area contributed by atoms with Gasteiger partial charge in [0.1, 0.15) is 0 Å². The van der Waals surface area contributed by atoms with E-state index in [0.717, 1.165) is 12.0 Å². The summed E-state index contributed by atoms with van der Waals surface area (Å²) in [5, 5.41) is 0.590. The van der Waals surface area contributed by atoms with Crippen LogP contribution in [0.3, 0.4) is 0 Å². The minimum atomic E-state index is -0.00240. The van der Waals surface area contributed by atoms with Crippen molar-refractivity contribution in [2.45, 2.75) is 6.42 Å². The van der Waals surface area contributed by atoms with Crippen LogP contribution in [0, 0.1) is 0 Å². The molecule has 0 N–H and O–H groups in total. The fourth-order valence-corrected chi connectivity index (χ4v) is 2.73. The second-order valence-corrected chi connectivity index (χ2v) is 5.64. The van der Waals surface area contributed by atoms with Gasteiger partial charge in [-0.3, -0.25) is 4.79 Å². The zero-order valence-electron chi connectivity index (χ0n) is 12.0. The summed E-state index contributed by atoms with van der Waals surface area (Å²) in [7, 11) is 0. The average Bonchev–Trinajstić information content (AvgIpc) is 2.55. The van der Waals surface area contributed by atoms with Crippen molar-refractivity contribution in [3.63, 3.8) is 0 Å². The molecule has 0 amide bonds. The minimum absolute atomic E-state index is 0.00240. The van der Waals surface area contributed by atoms with Crippen LogP contribution in [0.1, 0.15) is 27.0 Å². The highest BCUT2D eigenvalue weighted by molar-refractivity contribution is 6.31. The maximum absolute atomic E-state index is 12.5. The standard InChI is InChI=1S/C20H15ClO/c21-19-13-16(11-15-7-3-1-4-8-15)12-18(14-19)20(22)17-9-5-2-6-10-17/h1-10,12-14H,11H2. The Bertz CT molecular complexity index is 779. The maximum atomic E-state index is 12.5. The van der Waals surface area contributed by atoms with Gasteiger partial charge in [-0.15, -0.1) is 0 Å². The molecule has 0 saturated heterocycles. The van der Waals surface area contributed by atoms with Crippen molar-refractivity contribution < 1.29 is 4.79 Å². The largest absolute Gasteiger partial charge is 0.289 e. The number of ketones is 1. The number of halogens is 1. The predicted octanol–water partition coefficient (Wildman–Crippen LogP) is 5.16. The molecule has 0 aromatic heterocycles. The number of hydrogen-bond acceptors (Lipinski definition) is 1. The van der Waals surface area contributed by atoms with E-state index < -0.39 is 0 Å². The van der Waals surface area contributed by atoms with Gasteiger partial charge in [-0.05, 0) is 35.7 Å². The number of carbonyl (C=O) groups is 1. The lowest BCUT2D eigenvalue weighted by molar-refractivity contribution is 0.103. The van der Waals surface area contributed by atoms with Crippen molar-refractivity contribution >= 4 is 17.4 Å². The summed E-state index contributed by atoms with van der Waals surface area (Å²) in [5.74, 6) is -0.00240. The van der Waals surface area contributed by atoms with Crippen molar-refractivity contribution in [1.29, 1.82) is 0 Å². The summed E-state index contributed by atoms with van der Waals surface area (Å²) in [6, 6.07) is 25.0. The van der Waals surface area contributed by atoms with Crippen molar-refractivity contribution in [2.24, 2.45) is 0 Å². The molecule has 0 aliphatic heterocycles. The Hall–Kier alpha value is -2.38. The van der Waals surface area contributed by atoms with E-state index in [4.69, 9.17) is 11.6 Å². The highest BCUT2D eigenvalue weighted by Gasteiger charge is 2.11. The van der Waals surface area contributed by atoms with Crippen LogP contribution >= 0.6 is 11.6 Å². The predicted molar refractivity (Wildman–Crippen MR) is 90.6 cm³/mol. The number of hydrogen-bond donors (Lipinski definition) is 0. The Morgan fingerprint density at radius 3 is 2.05 bits per heavy atom. The summed E-state index contributed by atoms with van der Waals surface area (Å²) >= 11 is 6.20.